The van der Waals surface area contributed by atoms with Crippen LogP contribution in [0.25, 0.3) is 28.2 Å². The first-order valence-corrected chi connectivity index (χ1v) is 10.4. The minimum atomic E-state index is -0.217. The van der Waals surface area contributed by atoms with E-state index in [4.69, 9.17) is 0 Å². The number of benzene rings is 3. The van der Waals surface area contributed by atoms with E-state index in [9.17, 15) is 4.39 Å². The fraction of sp³-hybridized carbons (Fsp3) is 0.222. The monoisotopic (exact) mass is 590 g/mol. The standard InChI is InChI=1S/C27H26FN2.Ir/c1-18(2)24-16-22(20-10-12-23(28)13-11-20)17-25(19(3)4)26(24)30-15-14-29-27(30)21-8-6-5-7-9-21;/h5-8,10-19H,1-4H3;/q-1;. The molecule has 2 nitrogen and oxygen atoms in total. The molecule has 0 atom stereocenters. The molecule has 0 fully saturated rings. The quantitative estimate of drug-likeness (QED) is 0.222. The van der Waals surface area contributed by atoms with Crippen molar-refractivity contribution in [3.8, 4) is 28.2 Å². The summed E-state index contributed by atoms with van der Waals surface area (Å²) in [7, 11) is 0. The van der Waals surface area contributed by atoms with Crippen LogP contribution >= 0.6 is 0 Å². The van der Waals surface area contributed by atoms with Gasteiger partial charge >= 0.3 is 0 Å². The van der Waals surface area contributed by atoms with Gasteiger partial charge in [-0.2, -0.15) is 0 Å². The minimum absolute atomic E-state index is 0. The number of imidazole rings is 1. The van der Waals surface area contributed by atoms with E-state index in [1.807, 2.05) is 48.8 Å². The Morgan fingerprint density at radius 3 is 2.06 bits per heavy atom. The van der Waals surface area contributed by atoms with E-state index in [1.165, 1.54) is 28.9 Å². The maximum Gasteiger partial charge on any atom is 0.123 e. The number of nitrogens with zero attached hydrogens (tertiary/aromatic N) is 2. The molecule has 0 aliphatic rings. The van der Waals surface area contributed by atoms with Crippen LogP contribution in [0.5, 0.6) is 0 Å². The van der Waals surface area contributed by atoms with Crippen molar-refractivity contribution in [2.75, 3.05) is 0 Å². The zero-order valence-corrected chi connectivity index (χ0v) is 20.6. The Morgan fingerprint density at radius 2 is 1.52 bits per heavy atom. The number of halogens is 1. The Labute approximate surface area is 197 Å². The molecule has 1 aromatic heterocycles. The van der Waals surface area contributed by atoms with Crippen molar-refractivity contribution in [3.63, 3.8) is 0 Å². The molecule has 0 amide bonds. The molecule has 0 N–H and O–H groups in total. The summed E-state index contributed by atoms with van der Waals surface area (Å²) < 4.78 is 15.6. The van der Waals surface area contributed by atoms with E-state index in [0.29, 0.717) is 11.8 Å². The van der Waals surface area contributed by atoms with Gasteiger partial charge in [-0.15, -0.1) is 35.9 Å². The van der Waals surface area contributed by atoms with Gasteiger partial charge in [-0.3, -0.25) is 4.98 Å². The normalized spacial score (nSPS) is 11.1. The van der Waals surface area contributed by atoms with Gasteiger partial charge in [0.2, 0.25) is 0 Å². The van der Waals surface area contributed by atoms with Crippen LogP contribution in [0, 0.1) is 11.9 Å². The summed E-state index contributed by atoms with van der Waals surface area (Å²) in [5.74, 6) is 1.29. The Bertz CT molecular complexity index is 1120. The average Bonchev–Trinajstić information content (AvgIpc) is 3.23. The van der Waals surface area contributed by atoms with Gasteiger partial charge in [0.25, 0.3) is 0 Å². The molecule has 1 heterocycles. The van der Waals surface area contributed by atoms with Gasteiger partial charge in [-0.1, -0.05) is 39.8 Å². The second-order valence-corrected chi connectivity index (χ2v) is 8.22. The molecule has 4 aromatic rings. The van der Waals surface area contributed by atoms with E-state index in [0.717, 1.165) is 22.5 Å². The third-order valence-corrected chi connectivity index (χ3v) is 5.42. The van der Waals surface area contributed by atoms with Crippen LogP contribution in [0.3, 0.4) is 0 Å². The first-order chi connectivity index (χ1) is 14.5. The van der Waals surface area contributed by atoms with Gasteiger partial charge in [0.15, 0.2) is 0 Å². The summed E-state index contributed by atoms with van der Waals surface area (Å²) in [6.07, 6.45) is 3.87. The van der Waals surface area contributed by atoms with Crippen molar-refractivity contribution >= 4 is 0 Å². The molecule has 31 heavy (non-hydrogen) atoms. The molecule has 0 saturated carbocycles. The number of aromatic nitrogens is 2. The fourth-order valence-electron chi connectivity index (χ4n) is 3.86. The van der Waals surface area contributed by atoms with Gasteiger partial charge in [0.1, 0.15) is 5.82 Å². The van der Waals surface area contributed by atoms with Crippen molar-refractivity contribution < 1.29 is 24.5 Å². The van der Waals surface area contributed by atoms with Crippen LogP contribution in [0.1, 0.15) is 50.7 Å². The van der Waals surface area contributed by atoms with Crippen molar-refractivity contribution in [1.82, 2.24) is 9.55 Å². The largest absolute Gasteiger partial charge is 0.340 e. The second kappa shape index (κ2) is 9.72. The zero-order chi connectivity index (χ0) is 21.3. The Hall–Kier alpha value is -2.55. The van der Waals surface area contributed by atoms with Crippen LogP contribution in [-0.4, -0.2) is 9.55 Å². The Balaban J connectivity index is 0.00000272. The van der Waals surface area contributed by atoms with Crippen molar-refractivity contribution in [2.45, 2.75) is 39.5 Å². The summed E-state index contributed by atoms with van der Waals surface area (Å²) in [5.41, 5.74) is 6.77. The van der Waals surface area contributed by atoms with E-state index in [1.54, 1.807) is 0 Å². The average molecular weight is 590 g/mol. The van der Waals surface area contributed by atoms with Gasteiger partial charge in [-0.25, -0.2) is 4.39 Å². The smallest absolute Gasteiger partial charge is 0.123 e. The third kappa shape index (κ3) is 4.71. The molecule has 0 bridgehead atoms. The van der Waals surface area contributed by atoms with Crippen molar-refractivity contribution in [1.29, 1.82) is 0 Å². The van der Waals surface area contributed by atoms with Gasteiger partial charge in [-0.05, 0) is 58.4 Å². The molecule has 4 heteroatoms. The molecule has 1 radical (unpaired) electrons. The van der Waals surface area contributed by atoms with E-state index < -0.39 is 0 Å². The topological polar surface area (TPSA) is 17.8 Å². The fourth-order valence-corrected chi connectivity index (χ4v) is 3.86. The Morgan fingerprint density at radius 1 is 0.871 bits per heavy atom. The van der Waals surface area contributed by atoms with Gasteiger partial charge < -0.3 is 4.57 Å². The van der Waals surface area contributed by atoms with Gasteiger partial charge in [0.05, 0.1) is 5.82 Å². The van der Waals surface area contributed by atoms with Crippen LogP contribution < -0.4 is 0 Å². The first-order valence-electron chi connectivity index (χ1n) is 10.4. The maximum absolute atomic E-state index is 13.5. The third-order valence-electron chi connectivity index (χ3n) is 5.42. The molecule has 0 aliphatic heterocycles. The van der Waals surface area contributed by atoms with Crippen LogP contribution in [0.15, 0.2) is 73.1 Å². The number of hydrogen-bond acceptors (Lipinski definition) is 1. The molecule has 3 aromatic carbocycles. The zero-order valence-electron chi connectivity index (χ0n) is 18.2. The summed E-state index contributed by atoms with van der Waals surface area (Å²) in [5, 5.41) is 0. The molecular formula is C27H26FIrN2-. The van der Waals surface area contributed by atoms with Crippen LogP contribution in [0.4, 0.5) is 4.39 Å². The van der Waals surface area contributed by atoms with Crippen LogP contribution in [0.2, 0.25) is 0 Å². The molecule has 0 unspecified atom stereocenters. The van der Waals surface area contributed by atoms with Crippen molar-refractivity contribution in [3.05, 3.63) is 96.1 Å². The molecule has 161 valence electrons. The minimum Gasteiger partial charge on any atom is -0.340 e. The van der Waals surface area contributed by atoms with Crippen LogP contribution in [-0.2, 0) is 20.1 Å². The molecule has 0 aliphatic carbocycles. The first kappa shape index (κ1) is 23.1. The predicted octanol–water partition coefficient (Wildman–Crippen LogP) is 7.39. The summed E-state index contributed by atoms with van der Waals surface area (Å²) in [4.78, 5) is 4.64. The van der Waals surface area contributed by atoms with E-state index >= 15 is 0 Å². The second-order valence-electron chi connectivity index (χ2n) is 8.22. The number of hydrogen-bond donors (Lipinski definition) is 0. The van der Waals surface area contributed by atoms with E-state index in [2.05, 4.69) is 55.4 Å². The predicted molar refractivity (Wildman–Crippen MR) is 121 cm³/mol. The Kier molecular flexibility index (Phi) is 7.25. The van der Waals surface area contributed by atoms with Gasteiger partial charge in [0, 0.05) is 38.2 Å². The summed E-state index contributed by atoms with van der Waals surface area (Å²) >= 11 is 0. The molecule has 0 saturated heterocycles. The molecule has 4 rings (SSSR count). The summed E-state index contributed by atoms with van der Waals surface area (Å²) in [6, 6.07) is 22.4. The molecule has 0 spiro atoms. The number of rotatable bonds is 5. The SMILES string of the molecule is CC(C)c1cc(-c2ccc(F)cc2)cc(C(C)C)c1-n1ccnc1-c1[c-]cccc1.[Ir]. The molecular weight excluding hydrogens is 564 g/mol. The van der Waals surface area contributed by atoms with Crippen molar-refractivity contribution in [2.24, 2.45) is 0 Å². The van der Waals surface area contributed by atoms with E-state index in [-0.39, 0.29) is 25.9 Å². The summed E-state index contributed by atoms with van der Waals surface area (Å²) in [6.45, 7) is 8.84. The maximum atomic E-state index is 13.5.